The Bertz CT molecular complexity index is 591. The maximum atomic E-state index is 12.6. The Morgan fingerprint density at radius 1 is 1.00 bits per heavy atom. The highest BCUT2D eigenvalue weighted by atomic mass is 16.5. The van der Waals surface area contributed by atoms with E-state index in [4.69, 9.17) is 9.72 Å². The van der Waals surface area contributed by atoms with Crippen molar-refractivity contribution in [3.05, 3.63) is 12.3 Å². The number of hydrogen-bond donors (Lipinski definition) is 0. The van der Waals surface area contributed by atoms with Gasteiger partial charge in [0, 0.05) is 64.6 Å². The largest absolute Gasteiger partial charge is 0.381 e. The van der Waals surface area contributed by atoms with Crippen molar-refractivity contribution in [2.45, 2.75) is 25.7 Å². The third-order valence-corrected chi connectivity index (χ3v) is 5.50. The second kappa shape index (κ2) is 7.56. The molecule has 3 saturated heterocycles. The quantitative estimate of drug-likeness (QED) is 0.819. The van der Waals surface area contributed by atoms with Crippen molar-refractivity contribution in [1.82, 2.24) is 14.9 Å². The molecule has 0 radical (unpaired) electrons. The predicted molar refractivity (Wildman–Crippen MR) is 95.8 cm³/mol. The topological polar surface area (TPSA) is 61.8 Å². The van der Waals surface area contributed by atoms with Crippen molar-refractivity contribution >= 4 is 17.7 Å². The van der Waals surface area contributed by atoms with Crippen LogP contribution in [0.3, 0.4) is 0 Å². The molecule has 7 heteroatoms. The van der Waals surface area contributed by atoms with Crippen molar-refractivity contribution in [3.63, 3.8) is 0 Å². The summed E-state index contributed by atoms with van der Waals surface area (Å²) in [7, 11) is 0. The minimum atomic E-state index is 0.154. The summed E-state index contributed by atoms with van der Waals surface area (Å²) in [6.07, 6.45) is 6.03. The molecule has 7 nitrogen and oxygen atoms in total. The van der Waals surface area contributed by atoms with E-state index in [1.165, 1.54) is 12.8 Å². The first-order valence-electron chi connectivity index (χ1n) is 9.51. The molecule has 25 heavy (non-hydrogen) atoms. The molecule has 4 rings (SSSR count). The molecule has 0 N–H and O–H groups in total. The molecule has 3 fully saturated rings. The zero-order valence-corrected chi connectivity index (χ0v) is 14.8. The van der Waals surface area contributed by atoms with Gasteiger partial charge in [0.25, 0.3) is 0 Å². The average molecular weight is 345 g/mol. The van der Waals surface area contributed by atoms with Crippen molar-refractivity contribution in [2.24, 2.45) is 5.92 Å². The van der Waals surface area contributed by atoms with E-state index in [1.54, 1.807) is 0 Å². The molecule has 0 saturated carbocycles. The maximum absolute atomic E-state index is 12.6. The number of carbonyl (C=O) groups excluding carboxylic acids is 1. The van der Waals surface area contributed by atoms with Crippen LogP contribution in [-0.2, 0) is 9.53 Å². The first-order chi connectivity index (χ1) is 12.3. The van der Waals surface area contributed by atoms with Gasteiger partial charge in [-0.25, -0.2) is 4.98 Å². The van der Waals surface area contributed by atoms with Gasteiger partial charge in [-0.15, -0.1) is 0 Å². The number of hydrogen-bond acceptors (Lipinski definition) is 6. The number of anilines is 2. The van der Waals surface area contributed by atoms with E-state index in [9.17, 15) is 4.79 Å². The lowest BCUT2D eigenvalue weighted by Gasteiger charge is -2.37. The highest BCUT2D eigenvalue weighted by molar-refractivity contribution is 5.79. The van der Waals surface area contributed by atoms with Gasteiger partial charge in [-0.05, 0) is 31.7 Å². The number of aromatic nitrogens is 2. The van der Waals surface area contributed by atoms with Gasteiger partial charge >= 0.3 is 0 Å². The third kappa shape index (κ3) is 3.71. The molecule has 1 aromatic rings. The molecule has 136 valence electrons. The minimum absolute atomic E-state index is 0.154. The number of carbonyl (C=O) groups is 1. The Morgan fingerprint density at radius 3 is 2.44 bits per heavy atom. The summed E-state index contributed by atoms with van der Waals surface area (Å²) in [5.41, 5.74) is 0. The Hall–Kier alpha value is -1.89. The lowest BCUT2D eigenvalue weighted by molar-refractivity contribution is -0.138. The van der Waals surface area contributed by atoms with Crippen molar-refractivity contribution < 1.29 is 9.53 Å². The molecule has 0 unspecified atom stereocenters. The van der Waals surface area contributed by atoms with E-state index in [-0.39, 0.29) is 5.92 Å². The standard InChI is InChI=1S/C18H27N5O2/c24-17(15-4-13-25-14-5-15)22-11-9-21(10-12-22)16-3-6-19-18(20-16)23-7-1-2-8-23/h3,6,15H,1-2,4-5,7-14H2. The Morgan fingerprint density at radius 2 is 1.72 bits per heavy atom. The summed E-state index contributed by atoms with van der Waals surface area (Å²) in [4.78, 5) is 28.4. The fourth-order valence-corrected chi connectivity index (χ4v) is 3.94. The minimum Gasteiger partial charge on any atom is -0.381 e. The Balaban J connectivity index is 1.35. The van der Waals surface area contributed by atoms with Crippen molar-refractivity contribution in [2.75, 3.05) is 62.3 Å². The Labute approximate surface area is 149 Å². The highest BCUT2D eigenvalue weighted by Gasteiger charge is 2.29. The van der Waals surface area contributed by atoms with Crippen LogP contribution in [0.5, 0.6) is 0 Å². The van der Waals surface area contributed by atoms with E-state index in [0.29, 0.717) is 5.91 Å². The van der Waals surface area contributed by atoms with Gasteiger partial charge in [0.2, 0.25) is 11.9 Å². The van der Waals surface area contributed by atoms with Crippen LogP contribution in [0.4, 0.5) is 11.8 Å². The van der Waals surface area contributed by atoms with Gasteiger partial charge < -0.3 is 19.4 Å². The predicted octanol–water partition coefficient (Wildman–Crippen LogP) is 1.15. The van der Waals surface area contributed by atoms with Crippen molar-refractivity contribution in [3.8, 4) is 0 Å². The fourth-order valence-electron chi connectivity index (χ4n) is 3.94. The second-order valence-corrected chi connectivity index (χ2v) is 7.11. The number of ether oxygens (including phenoxy) is 1. The maximum Gasteiger partial charge on any atom is 0.227 e. The summed E-state index contributed by atoms with van der Waals surface area (Å²) in [5.74, 6) is 2.29. The molecule has 3 aliphatic heterocycles. The second-order valence-electron chi connectivity index (χ2n) is 7.11. The van der Waals surface area contributed by atoms with Gasteiger partial charge in [0.05, 0.1) is 0 Å². The van der Waals surface area contributed by atoms with Gasteiger partial charge in [-0.1, -0.05) is 0 Å². The molecule has 0 spiro atoms. The first kappa shape index (κ1) is 16.6. The van der Waals surface area contributed by atoms with Gasteiger partial charge in [0.15, 0.2) is 0 Å². The summed E-state index contributed by atoms with van der Waals surface area (Å²) < 4.78 is 5.37. The van der Waals surface area contributed by atoms with Crippen LogP contribution in [0, 0.1) is 5.92 Å². The van der Waals surface area contributed by atoms with Crippen LogP contribution in [0.2, 0.25) is 0 Å². The summed E-state index contributed by atoms with van der Waals surface area (Å²) in [6.45, 7) is 6.77. The molecule has 4 heterocycles. The van der Waals surface area contributed by atoms with Crippen LogP contribution in [0.1, 0.15) is 25.7 Å². The monoisotopic (exact) mass is 345 g/mol. The zero-order valence-electron chi connectivity index (χ0n) is 14.8. The molecule has 1 amide bonds. The lowest BCUT2D eigenvalue weighted by Crippen LogP contribution is -2.51. The molecule has 1 aromatic heterocycles. The van der Waals surface area contributed by atoms with Gasteiger partial charge in [-0.2, -0.15) is 4.98 Å². The van der Waals surface area contributed by atoms with E-state index >= 15 is 0 Å². The smallest absolute Gasteiger partial charge is 0.227 e. The van der Waals surface area contributed by atoms with E-state index in [0.717, 1.165) is 77.1 Å². The number of amides is 1. The SMILES string of the molecule is O=C(C1CCOCC1)N1CCN(c2ccnc(N3CCCC3)n2)CC1. The lowest BCUT2D eigenvalue weighted by atomic mass is 9.98. The normalized spacial score (nSPS) is 22.5. The third-order valence-electron chi connectivity index (χ3n) is 5.50. The molecule has 3 aliphatic rings. The fraction of sp³-hybridized carbons (Fsp3) is 0.722. The zero-order chi connectivity index (χ0) is 17.1. The molecule has 0 aromatic carbocycles. The van der Waals surface area contributed by atoms with E-state index in [2.05, 4.69) is 14.8 Å². The summed E-state index contributed by atoms with van der Waals surface area (Å²) in [6, 6.07) is 1.98. The van der Waals surface area contributed by atoms with Crippen LogP contribution in [0.25, 0.3) is 0 Å². The molecular weight excluding hydrogens is 318 g/mol. The Kier molecular flexibility index (Phi) is 5.01. The number of rotatable bonds is 3. The number of nitrogens with zero attached hydrogens (tertiary/aromatic N) is 5. The first-order valence-corrected chi connectivity index (χ1v) is 9.51. The molecule has 0 bridgehead atoms. The summed E-state index contributed by atoms with van der Waals surface area (Å²) in [5, 5.41) is 0. The van der Waals surface area contributed by atoms with E-state index in [1.807, 2.05) is 17.2 Å². The van der Waals surface area contributed by atoms with Crippen LogP contribution in [-0.4, -0.2) is 73.3 Å². The molecule has 0 atom stereocenters. The number of piperazine rings is 1. The van der Waals surface area contributed by atoms with E-state index < -0.39 is 0 Å². The van der Waals surface area contributed by atoms with Gasteiger partial charge in [0.1, 0.15) is 5.82 Å². The molecular formula is C18H27N5O2. The highest BCUT2D eigenvalue weighted by Crippen LogP contribution is 2.22. The van der Waals surface area contributed by atoms with Gasteiger partial charge in [-0.3, -0.25) is 4.79 Å². The van der Waals surface area contributed by atoms with Crippen LogP contribution < -0.4 is 9.80 Å². The molecule has 0 aliphatic carbocycles. The average Bonchev–Trinajstić information content (AvgIpc) is 3.23. The van der Waals surface area contributed by atoms with Crippen molar-refractivity contribution in [1.29, 1.82) is 0 Å². The van der Waals surface area contributed by atoms with Crippen LogP contribution in [0.15, 0.2) is 12.3 Å². The van der Waals surface area contributed by atoms with Crippen LogP contribution >= 0.6 is 0 Å². The summed E-state index contributed by atoms with van der Waals surface area (Å²) >= 11 is 0.